The van der Waals surface area contributed by atoms with E-state index in [4.69, 9.17) is 5.11 Å². The molecule has 0 aliphatic carbocycles. The standard InChI is InChI=1S/C14H23NOS/c1-4-15-12(3)13-6-5-7-14(8-13)17-10-11(2)9-16/h5-8,11-12,15-16H,4,9-10H2,1-3H3. The topological polar surface area (TPSA) is 32.3 Å². The Morgan fingerprint density at radius 3 is 2.76 bits per heavy atom. The molecular formula is C14H23NOS. The fourth-order valence-corrected chi connectivity index (χ4v) is 2.57. The maximum atomic E-state index is 9.00. The highest BCUT2D eigenvalue weighted by molar-refractivity contribution is 7.99. The molecule has 0 heterocycles. The number of thioether (sulfide) groups is 1. The Hall–Kier alpha value is -0.510. The molecule has 0 amide bonds. The van der Waals surface area contributed by atoms with E-state index in [-0.39, 0.29) is 6.61 Å². The SMILES string of the molecule is CCNC(C)c1cccc(SCC(C)CO)c1. The lowest BCUT2D eigenvalue weighted by Crippen LogP contribution is -2.17. The zero-order chi connectivity index (χ0) is 12.7. The lowest BCUT2D eigenvalue weighted by atomic mass is 10.1. The predicted molar refractivity (Wildman–Crippen MR) is 75.5 cm³/mol. The van der Waals surface area contributed by atoms with Crippen LogP contribution in [0.3, 0.4) is 0 Å². The summed E-state index contributed by atoms with van der Waals surface area (Å²) in [6.45, 7) is 7.63. The third-order valence-electron chi connectivity index (χ3n) is 2.71. The van der Waals surface area contributed by atoms with Crippen molar-refractivity contribution in [3.63, 3.8) is 0 Å². The minimum atomic E-state index is 0.264. The van der Waals surface area contributed by atoms with Crippen molar-refractivity contribution in [2.24, 2.45) is 5.92 Å². The highest BCUT2D eigenvalue weighted by Crippen LogP contribution is 2.24. The van der Waals surface area contributed by atoms with Crippen LogP contribution in [0.4, 0.5) is 0 Å². The molecule has 3 heteroatoms. The third kappa shape index (κ3) is 5.11. The fourth-order valence-electron chi connectivity index (χ4n) is 1.59. The highest BCUT2D eigenvalue weighted by atomic mass is 32.2. The van der Waals surface area contributed by atoms with Gasteiger partial charge >= 0.3 is 0 Å². The molecule has 0 aliphatic heterocycles. The van der Waals surface area contributed by atoms with Gasteiger partial charge in [-0.1, -0.05) is 26.0 Å². The molecule has 1 rings (SSSR count). The first-order valence-electron chi connectivity index (χ1n) is 6.24. The van der Waals surface area contributed by atoms with E-state index in [2.05, 4.69) is 50.4 Å². The molecule has 0 saturated carbocycles. The fraction of sp³-hybridized carbons (Fsp3) is 0.571. The minimum absolute atomic E-state index is 0.264. The van der Waals surface area contributed by atoms with E-state index >= 15 is 0 Å². The third-order valence-corrected chi connectivity index (χ3v) is 4.04. The van der Waals surface area contributed by atoms with E-state index < -0.39 is 0 Å². The molecular weight excluding hydrogens is 230 g/mol. The van der Waals surface area contributed by atoms with Crippen LogP contribution in [0.15, 0.2) is 29.2 Å². The number of benzene rings is 1. The Bertz CT molecular complexity index is 330. The average Bonchev–Trinajstić information content (AvgIpc) is 2.36. The molecule has 2 N–H and O–H groups in total. The normalized spacial score (nSPS) is 14.6. The molecule has 0 saturated heterocycles. The molecule has 17 heavy (non-hydrogen) atoms. The molecule has 0 fully saturated rings. The second kappa shape index (κ2) is 7.75. The first-order chi connectivity index (χ1) is 8.17. The van der Waals surface area contributed by atoms with E-state index in [1.165, 1.54) is 10.5 Å². The molecule has 1 aromatic rings. The molecule has 0 spiro atoms. The van der Waals surface area contributed by atoms with E-state index in [1.54, 1.807) is 0 Å². The summed E-state index contributed by atoms with van der Waals surface area (Å²) in [5.74, 6) is 1.32. The van der Waals surface area contributed by atoms with Crippen LogP contribution in [-0.4, -0.2) is 24.0 Å². The Morgan fingerprint density at radius 1 is 1.35 bits per heavy atom. The summed E-state index contributed by atoms with van der Waals surface area (Å²) >= 11 is 1.81. The highest BCUT2D eigenvalue weighted by Gasteiger charge is 2.06. The summed E-state index contributed by atoms with van der Waals surface area (Å²) in [5.41, 5.74) is 1.33. The van der Waals surface area contributed by atoms with Crippen LogP contribution in [0.25, 0.3) is 0 Å². The van der Waals surface area contributed by atoms with Crippen LogP contribution in [0.2, 0.25) is 0 Å². The number of hydrogen-bond acceptors (Lipinski definition) is 3. The monoisotopic (exact) mass is 253 g/mol. The second-order valence-corrected chi connectivity index (χ2v) is 5.54. The van der Waals surface area contributed by atoms with E-state index in [0.717, 1.165) is 12.3 Å². The summed E-state index contributed by atoms with van der Waals surface area (Å²) in [6, 6.07) is 9.04. The molecule has 1 aromatic carbocycles. The first kappa shape index (κ1) is 14.6. The van der Waals surface area contributed by atoms with Gasteiger partial charge in [-0.05, 0) is 37.1 Å². The van der Waals surface area contributed by atoms with Crippen LogP contribution >= 0.6 is 11.8 Å². The molecule has 0 aromatic heterocycles. The maximum Gasteiger partial charge on any atom is 0.0464 e. The molecule has 2 unspecified atom stereocenters. The number of rotatable bonds is 7. The predicted octanol–water partition coefficient (Wildman–Crippen LogP) is 3.08. The first-order valence-corrected chi connectivity index (χ1v) is 7.23. The van der Waals surface area contributed by atoms with Crippen LogP contribution in [0.1, 0.15) is 32.4 Å². The quantitative estimate of drug-likeness (QED) is 0.733. The smallest absolute Gasteiger partial charge is 0.0464 e. The van der Waals surface area contributed by atoms with E-state index in [1.807, 2.05) is 11.8 Å². The van der Waals surface area contributed by atoms with Gasteiger partial charge in [-0.15, -0.1) is 11.8 Å². The van der Waals surface area contributed by atoms with E-state index in [9.17, 15) is 0 Å². The molecule has 0 radical (unpaired) electrons. The summed E-state index contributed by atoms with van der Waals surface area (Å²) in [4.78, 5) is 1.28. The molecule has 2 atom stereocenters. The summed E-state index contributed by atoms with van der Waals surface area (Å²) in [7, 11) is 0. The van der Waals surface area contributed by atoms with Crippen LogP contribution in [0.5, 0.6) is 0 Å². The van der Waals surface area contributed by atoms with Crippen molar-refractivity contribution in [3.05, 3.63) is 29.8 Å². The number of nitrogens with one attached hydrogen (secondary N) is 1. The van der Waals surface area contributed by atoms with Gasteiger partial charge in [0.2, 0.25) is 0 Å². The Balaban J connectivity index is 2.59. The lowest BCUT2D eigenvalue weighted by molar-refractivity contribution is 0.250. The van der Waals surface area contributed by atoms with Crippen LogP contribution in [0, 0.1) is 5.92 Å². The van der Waals surface area contributed by atoms with Crippen molar-refractivity contribution in [2.75, 3.05) is 18.9 Å². The largest absolute Gasteiger partial charge is 0.396 e. The number of hydrogen-bond donors (Lipinski definition) is 2. The zero-order valence-electron chi connectivity index (χ0n) is 10.9. The molecule has 0 aliphatic rings. The summed E-state index contributed by atoms with van der Waals surface area (Å²) in [5, 5.41) is 12.4. The maximum absolute atomic E-state index is 9.00. The number of aliphatic hydroxyl groups excluding tert-OH is 1. The van der Waals surface area contributed by atoms with Crippen LogP contribution in [-0.2, 0) is 0 Å². The Morgan fingerprint density at radius 2 is 2.12 bits per heavy atom. The van der Waals surface area contributed by atoms with Gasteiger partial charge in [-0.3, -0.25) is 0 Å². The van der Waals surface area contributed by atoms with Crippen molar-refractivity contribution < 1.29 is 5.11 Å². The zero-order valence-corrected chi connectivity index (χ0v) is 11.8. The number of aliphatic hydroxyl groups is 1. The van der Waals surface area contributed by atoms with Gasteiger partial charge in [-0.2, -0.15) is 0 Å². The van der Waals surface area contributed by atoms with Gasteiger partial charge < -0.3 is 10.4 Å². The summed E-state index contributed by atoms with van der Waals surface area (Å²) in [6.07, 6.45) is 0. The van der Waals surface area contributed by atoms with E-state index in [0.29, 0.717) is 12.0 Å². The average molecular weight is 253 g/mol. The van der Waals surface area contributed by atoms with Crippen molar-refractivity contribution in [1.82, 2.24) is 5.32 Å². The van der Waals surface area contributed by atoms with Crippen LogP contribution < -0.4 is 5.32 Å². The Kier molecular flexibility index (Phi) is 6.63. The molecule has 96 valence electrons. The van der Waals surface area contributed by atoms with Crippen molar-refractivity contribution in [1.29, 1.82) is 0 Å². The van der Waals surface area contributed by atoms with Gasteiger partial charge in [0.25, 0.3) is 0 Å². The lowest BCUT2D eigenvalue weighted by Gasteiger charge is -2.14. The van der Waals surface area contributed by atoms with Gasteiger partial charge in [0.15, 0.2) is 0 Å². The van der Waals surface area contributed by atoms with Crippen molar-refractivity contribution in [2.45, 2.75) is 31.7 Å². The van der Waals surface area contributed by atoms with Crippen molar-refractivity contribution in [3.8, 4) is 0 Å². The molecule has 0 bridgehead atoms. The van der Waals surface area contributed by atoms with Gasteiger partial charge in [0, 0.05) is 23.3 Å². The Labute approximate surface area is 109 Å². The second-order valence-electron chi connectivity index (χ2n) is 4.45. The molecule has 2 nitrogen and oxygen atoms in total. The van der Waals surface area contributed by atoms with Gasteiger partial charge in [0.05, 0.1) is 0 Å². The minimum Gasteiger partial charge on any atom is -0.396 e. The van der Waals surface area contributed by atoms with Crippen molar-refractivity contribution >= 4 is 11.8 Å². The summed E-state index contributed by atoms with van der Waals surface area (Å²) < 4.78 is 0. The van der Waals surface area contributed by atoms with Gasteiger partial charge in [-0.25, -0.2) is 0 Å². The van der Waals surface area contributed by atoms with Gasteiger partial charge in [0.1, 0.15) is 0 Å².